The molecule has 0 saturated heterocycles. The summed E-state index contributed by atoms with van der Waals surface area (Å²) in [7, 11) is 4.25. The second kappa shape index (κ2) is 7.34. The van der Waals surface area contributed by atoms with Gasteiger partial charge in [0.15, 0.2) is 0 Å². The van der Waals surface area contributed by atoms with E-state index in [2.05, 4.69) is 37.7 Å². The highest BCUT2D eigenvalue weighted by atomic mass is 16.3. The van der Waals surface area contributed by atoms with Gasteiger partial charge in [0.05, 0.1) is 6.10 Å². The van der Waals surface area contributed by atoms with E-state index < -0.39 is 0 Å². The third kappa shape index (κ3) is 4.94. The van der Waals surface area contributed by atoms with Gasteiger partial charge in [-0.2, -0.15) is 0 Å². The molecule has 0 aliphatic heterocycles. The molecule has 0 amide bonds. The van der Waals surface area contributed by atoms with Gasteiger partial charge in [-0.25, -0.2) is 0 Å². The Morgan fingerprint density at radius 2 is 1.88 bits per heavy atom. The van der Waals surface area contributed by atoms with E-state index >= 15 is 0 Å². The fraction of sp³-hybridized carbons (Fsp3) is 1.00. The van der Waals surface area contributed by atoms with Crippen molar-refractivity contribution < 1.29 is 5.11 Å². The summed E-state index contributed by atoms with van der Waals surface area (Å²) in [4.78, 5) is 4.75. The van der Waals surface area contributed by atoms with E-state index in [9.17, 15) is 5.11 Å². The number of aliphatic hydroxyl groups excluding tert-OH is 1. The van der Waals surface area contributed by atoms with Gasteiger partial charge in [-0.05, 0) is 46.3 Å². The maximum Gasteiger partial charge on any atom is 0.0580 e. The molecule has 0 aromatic rings. The van der Waals surface area contributed by atoms with Crippen LogP contribution in [-0.2, 0) is 0 Å². The molecule has 0 spiro atoms. The topological polar surface area (TPSA) is 26.7 Å². The van der Waals surface area contributed by atoms with E-state index in [1.165, 1.54) is 19.3 Å². The minimum atomic E-state index is -0.0654. The summed E-state index contributed by atoms with van der Waals surface area (Å²) in [6, 6.07) is 0.573. The third-order valence-corrected chi connectivity index (χ3v) is 4.00. The van der Waals surface area contributed by atoms with Crippen LogP contribution in [0.4, 0.5) is 0 Å². The molecule has 0 heterocycles. The molecular weight excluding hydrogens is 212 g/mol. The molecular formula is C14H30N2O. The summed E-state index contributed by atoms with van der Waals surface area (Å²) in [5.41, 5.74) is 0. The molecule has 1 N–H and O–H groups in total. The van der Waals surface area contributed by atoms with E-state index in [0.717, 1.165) is 26.1 Å². The van der Waals surface area contributed by atoms with Crippen molar-refractivity contribution >= 4 is 0 Å². The van der Waals surface area contributed by atoms with Gasteiger partial charge >= 0.3 is 0 Å². The Balaban J connectivity index is 2.44. The summed E-state index contributed by atoms with van der Waals surface area (Å²) in [6.07, 6.45) is 4.64. The van der Waals surface area contributed by atoms with E-state index in [4.69, 9.17) is 0 Å². The zero-order valence-electron chi connectivity index (χ0n) is 12.0. The van der Waals surface area contributed by atoms with E-state index in [1.807, 2.05) is 0 Å². The average molecular weight is 242 g/mol. The highest BCUT2D eigenvalue weighted by Gasteiger charge is 2.26. The first-order valence-corrected chi connectivity index (χ1v) is 7.11. The van der Waals surface area contributed by atoms with E-state index in [0.29, 0.717) is 12.0 Å². The number of hydrogen-bond acceptors (Lipinski definition) is 3. The zero-order valence-corrected chi connectivity index (χ0v) is 12.0. The largest absolute Gasteiger partial charge is 0.393 e. The summed E-state index contributed by atoms with van der Waals surface area (Å²) in [6.45, 7) is 7.75. The van der Waals surface area contributed by atoms with Gasteiger partial charge in [-0.15, -0.1) is 0 Å². The van der Waals surface area contributed by atoms with Crippen LogP contribution in [0.3, 0.4) is 0 Å². The predicted molar refractivity (Wildman–Crippen MR) is 73.2 cm³/mol. The highest BCUT2D eigenvalue weighted by molar-refractivity contribution is 4.79. The van der Waals surface area contributed by atoms with Crippen molar-refractivity contribution in [1.29, 1.82) is 0 Å². The zero-order chi connectivity index (χ0) is 12.8. The first kappa shape index (κ1) is 14.9. The lowest BCUT2D eigenvalue weighted by molar-refractivity contribution is 0.0365. The monoisotopic (exact) mass is 242 g/mol. The van der Waals surface area contributed by atoms with Gasteiger partial charge in [0.1, 0.15) is 0 Å². The Kier molecular flexibility index (Phi) is 6.45. The minimum Gasteiger partial charge on any atom is -0.393 e. The maximum atomic E-state index is 10.0. The summed E-state index contributed by atoms with van der Waals surface area (Å²) in [5.74, 6) is 0.494. The number of likely N-dealkylation sites (N-methyl/N-ethyl adjacent to an activating group) is 2. The lowest BCUT2D eigenvalue weighted by Gasteiger charge is -2.36. The van der Waals surface area contributed by atoms with Crippen LogP contribution in [0.2, 0.25) is 0 Å². The number of nitrogens with zero attached hydrogens (tertiary/aromatic N) is 2. The predicted octanol–water partition coefficient (Wildman–Crippen LogP) is 1.81. The van der Waals surface area contributed by atoms with Crippen LogP contribution < -0.4 is 0 Å². The SMILES string of the molecule is CCN(CC1CCCCC1O)C(C)CN(C)C. The quantitative estimate of drug-likeness (QED) is 0.769. The van der Waals surface area contributed by atoms with Gasteiger partial charge in [0, 0.05) is 19.1 Å². The van der Waals surface area contributed by atoms with Crippen LogP contribution in [0.15, 0.2) is 0 Å². The molecule has 3 nitrogen and oxygen atoms in total. The second-order valence-electron chi connectivity index (χ2n) is 5.81. The van der Waals surface area contributed by atoms with Crippen molar-refractivity contribution in [2.24, 2.45) is 5.92 Å². The Morgan fingerprint density at radius 3 is 2.41 bits per heavy atom. The average Bonchev–Trinajstić information content (AvgIpc) is 2.27. The molecule has 3 heteroatoms. The lowest BCUT2D eigenvalue weighted by Crippen LogP contribution is -2.45. The van der Waals surface area contributed by atoms with Gasteiger partial charge in [-0.1, -0.05) is 19.8 Å². The van der Waals surface area contributed by atoms with Crippen molar-refractivity contribution in [3.05, 3.63) is 0 Å². The molecule has 1 aliphatic carbocycles. The van der Waals surface area contributed by atoms with Gasteiger partial charge in [-0.3, -0.25) is 4.90 Å². The molecule has 3 unspecified atom stereocenters. The van der Waals surface area contributed by atoms with Crippen LogP contribution >= 0.6 is 0 Å². The van der Waals surface area contributed by atoms with Crippen LogP contribution in [0.1, 0.15) is 39.5 Å². The fourth-order valence-electron chi connectivity index (χ4n) is 2.97. The van der Waals surface area contributed by atoms with Crippen LogP contribution in [0.5, 0.6) is 0 Å². The molecule has 1 rings (SSSR count). The standard InChI is InChI=1S/C14H30N2O/c1-5-16(12(2)10-15(3)4)11-13-8-6-7-9-14(13)17/h12-14,17H,5-11H2,1-4H3. The molecule has 0 radical (unpaired) electrons. The van der Waals surface area contributed by atoms with Gasteiger partial charge < -0.3 is 10.0 Å². The molecule has 1 fully saturated rings. The normalized spacial score (nSPS) is 27.7. The lowest BCUT2D eigenvalue weighted by atomic mass is 9.86. The number of hydrogen-bond donors (Lipinski definition) is 1. The van der Waals surface area contributed by atoms with Gasteiger partial charge in [0.2, 0.25) is 0 Å². The van der Waals surface area contributed by atoms with Crippen molar-refractivity contribution in [2.75, 3.05) is 33.7 Å². The fourth-order valence-corrected chi connectivity index (χ4v) is 2.97. The highest BCUT2D eigenvalue weighted by Crippen LogP contribution is 2.25. The smallest absolute Gasteiger partial charge is 0.0580 e. The summed E-state index contributed by atoms with van der Waals surface area (Å²) < 4.78 is 0. The number of rotatable bonds is 6. The molecule has 1 saturated carbocycles. The second-order valence-corrected chi connectivity index (χ2v) is 5.81. The summed E-state index contributed by atoms with van der Waals surface area (Å²) >= 11 is 0. The van der Waals surface area contributed by atoms with E-state index in [1.54, 1.807) is 0 Å². The molecule has 3 atom stereocenters. The molecule has 0 aromatic carbocycles. The molecule has 0 bridgehead atoms. The Bertz CT molecular complexity index is 208. The van der Waals surface area contributed by atoms with E-state index in [-0.39, 0.29) is 6.10 Å². The van der Waals surface area contributed by atoms with Crippen LogP contribution in [0.25, 0.3) is 0 Å². The Morgan fingerprint density at radius 1 is 1.24 bits per heavy atom. The minimum absolute atomic E-state index is 0.0654. The summed E-state index contributed by atoms with van der Waals surface area (Å²) in [5, 5.41) is 10.0. The molecule has 1 aliphatic rings. The van der Waals surface area contributed by atoms with Crippen LogP contribution in [0, 0.1) is 5.92 Å². The van der Waals surface area contributed by atoms with Crippen LogP contribution in [-0.4, -0.2) is 60.8 Å². The maximum absolute atomic E-state index is 10.0. The first-order valence-electron chi connectivity index (χ1n) is 7.11. The van der Waals surface area contributed by atoms with Gasteiger partial charge in [0.25, 0.3) is 0 Å². The number of aliphatic hydroxyl groups is 1. The Labute approximate surface area is 107 Å². The van der Waals surface area contributed by atoms with Crippen molar-refractivity contribution in [3.8, 4) is 0 Å². The van der Waals surface area contributed by atoms with Crippen molar-refractivity contribution in [1.82, 2.24) is 9.80 Å². The third-order valence-electron chi connectivity index (χ3n) is 4.00. The molecule has 17 heavy (non-hydrogen) atoms. The Hall–Kier alpha value is -0.120. The first-order chi connectivity index (χ1) is 8.04. The molecule has 0 aromatic heterocycles. The van der Waals surface area contributed by atoms with Crippen molar-refractivity contribution in [2.45, 2.75) is 51.7 Å². The molecule has 102 valence electrons. The van der Waals surface area contributed by atoms with Crippen molar-refractivity contribution in [3.63, 3.8) is 0 Å².